The topological polar surface area (TPSA) is 47.9 Å². The molecule has 1 heterocycles. The van der Waals surface area contributed by atoms with Crippen LogP contribution >= 0.6 is 11.8 Å². The van der Waals surface area contributed by atoms with Crippen LogP contribution in [0.15, 0.2) is 35.6 Å². The van der Waals surface area contributed by atoms with E-state index in [1.54, 1.807) is 6.20 Å². The summed E-state index contributed by atoms with van der Waals surface area (Å²) in [6, 6.07) is 7.80. The molecule has 0 fully saturated rings. The first kappa shape index (κ1) is 11.9. The predicted molar refractivity (Wildman–Crippen MR) is 68.2 cm³/mol. The Morgan fingerprint density at radius 3 is 2.65 bits per heavy atom. The Kier molecular flexibility index (Phi) is 3.93. The number of thioether (sulfide) groups is 1. The first-order chi connectivity index (χ1) is 8.33. The monoisotopic (exact) mass is 247 g/mol. The molecule has 0 N–H and O–H groups in total. The van der Waals surface area contributed by atoms with E-state index in [-0.39, 0.29) is 0 Å². The van der Waals surface area contributed by atoms with Crippen LogP contribution in [-0.2, 0) is 0 Å². The van der Waals surface area contributed by atoms with Gasteiger partial charge in [-0.2, -0.15) is 5.10 Å². The molecule has 0 saturated carbocycles. The molecule has 0 spiro atoms. The molecule has 4 nitrogen and oxygen atoms in total. The summed E-state index contributed by atoms with van der Waals surface area (Å²) in [5, 5.41) is 8.51. The van der Waals surface area contributed by atoms with Gasteiger partial charge in [0.2, 0.25) is 5.16 Å². The van der Waals surface area contributed by atoms with Crippen molar-refractivity contribution >= 4 is 11.8 Å². The van der Waals surface area contributed by atoms with E-state index in [9.17, 15) is 0 Å². The molecule has 1 aromatic carbocycles. The summed E-state index contributed by atoms with van der Waals surface area (Å²) in [5.74, 6) is 0.864. The Labute approximate surface area is 104 Å². The highest BCUT2D eigenvalue weighted by Crippen LogP contribution is 2.21. The van der Waals surface area contributed by atoms with Crippen molar-refractivity contribution in [3.8, 4) is 17.0 Å². The average Bonchev–Trinajstić information content (AvgIpc) is 2.40. The number of nitrogens with zero attached hydrogens (tertiary/aromatic N) is 3. The fourth-order valence-corrected chi connectivity index (χ4v) is 1.72. The molecular formula is C12H13N3OS. The SMILES string of the molecule is CCOc1ccc(-c2cnnc(SC)n2)cc1. The van der Waals surface area contributed by atoms with Gasteiger partial charge in [-0.3, -0.25) is 0 Å². The highest BCUT2D eigenvalue weighted by Gasteiger charge is 2.02. The van der Waals surface area contributed by atoms with E-state index < -0.39 is 0 Å². The number of ether oxygens (including phenoxy) is 1. The van der Waals surface area contributed by atoms with Gasteiger partial charge < -0.3 is 4.74 Å². The fourth-order valence-electron chi connectivity index (χ4n) is 1.40. The largest absolute Gasteiger partial charge is 0.494 e. The fraction of sp³-hybridized carbons (Fsp3) is 0.250. The zero-order chi connectivity index (χ0) is 12.1. The van der Waals surface area contributed by atoms with Crippen molar-refractivity contribution in [3.05, 3.63) is 30.5 Å². The van der Waals surface area contributed by atoms with E-state index in [4.69, 9.17) is 4.74 Å². The van der Waals surface area contributed by atoms with E-state index in [0.717, 1.165) is 17.0 Å². The Hall–Kier alpha value is -1.62. The molecule has 2 aromatic rings. The van der Waals surface area contributed by atoms with Gasteiger partial charge in [-0.25, -0.2) is 4.98 Å². The first-order valence-electron chi connectivity index (χ1n) is 5.30. The minimum atomic E-state index is 0.672. The highest BCUT2D eigenvalue weighted by atomic mass is 32.2. The summed E-state index contributed by atoms with van der Waals surface area (Å²) in [5.41, 5.74) is 1.84. The number of aromatic nitrogens is 3. The third kappa shape index (κ3) is 2.94. The Morgan fingerprint density at radius 1 is 1.24 bits per heavy atom. The quantitative estimate of drug-likeness (QED) is 0.777. The molecule has 0 aliphatic carbocycles. The van der Waals surface area contributed by atoms with Crippen LogP contribution in [-0.4, -0.2) is 28.0 Å². The van der Waals surface area contributed by atoms with Gasteiger partial charge in [0.25, 0.3) is 0 Å². The third-order valence-corrected chi connectivity index (χ3v) is 2.72. The van der Waals surface area contributed by atoms with Gasteiger partial charge in [0, 0.05) is 5.56 Å². The number of benzene rings is 1. The van der Waals surface area contributed by atoms with E-state index >= 15 is 0 Å². The van der Waals surface area contributed by atoms with Crippen LogP contribution < -0.4 is 4.74 Å². The molecule has 17 heavy (non-hydrogen) atoms. The molecule has 88 valence electrons. The molecule has 0 aliphatic rings. The highest BCUT2D eigenvalue weighted by molar-refractivity contribution is 7.98. The van der Waals surface area contributed by atoms with E-state index in [0.29, 0.717) is 11.8 Å². The van der Waals surface area contributed by atoms with Crippen LogP contribution in [0, 0.1) is 0 Å². The van der Waals surface area contributed by atoms with Crippen LogP contribution in [0.1, 0.15) is 6.92 Å². The van der Waals surface area contributed by atoms with E-state index in [1.165, 1.54) is 11.8 Å². The minimum Gasteiger partial charge on any atom is -0.494 e. The zero-order valence-electron chi connectivity index (χ0n) is 9.75. The molecular weight excluding hydrogens is 234 g/mol. The van der Waals surface area contributed by atoms with E-state index in [1.807, 2.05) is 37.4 Å². The minimum absolute atomic E-state index is 0.672. The van der Waals surface area contributed by atoms with Crippen LogP contribution in [0.4, 0.5) is 0 Å². The van der Waals surface area contributed by atoms with Crippen LogP contribution in [0.2, 0.25) is 0 Å². The van der Waals surface area contributed by atoms with Crippen molar-refractivity contribution < 1.29 is 4.74 Å². The van der Waals surface area contributed by atoms with Crippen molar-refractivity contribution in [2.24, 2.45) is 0 Å². The Morgan fingerprint density at radius 2 is 2.00 bits per heavy atom. The smallest absolute Gasteiger partial charge is 0.209 e. The van der Waals surface area contributed by atoms with Crippen LogP contribution in [0.5, 0.6) is 5.75 Å². The number of hydrogen-bond acceptors (Lipinski definition) is 5. The lowest BCUT2D eigenvalue weighted by Crippen LogP contribution is -1.93. The van der Waals surface area contributed by atoms with Crippen molar-refractivity contribution in [2.45, 2.75) is 12.1 Å². The maximum Gasteiger partial charge on any atom is 0.209 e. The normalized spacial score (nSPS) is 10.2. The van der Waals surface area contributed by atoms with Crippen LogP contribution in [0.3, 0.4) is 0 Å². The summed E-state index contributed by atoms with van der Waals surface area (Å²) in [6.45, 7) is 2.64. The molecule has 1 aromatic heterocycles. The summed E-state index contributed by atoms with van der Waals surface area (Å²) >= 11 is 1.48. The standard InChI is InChI=1S/C12H13N3OS/c1-3-16-10-6-4-9(5-7-10)11-8-13-15-12(14-11)17-2/h4-8H,3H2,1-2H3. The second-order valence-corrected chi connectivity index (χ2v) is 4.06. The van der Waals surface area contributed by atoms with Crippen molar-refractivity contribution in [2.75, 3.05) is 12.9 Å². The van der Waals surface area contributed by atoms with Crippen molar-refractivity contribution in [1.29, 1.82) is 0 Å². The van der Waals surface area contributed by atoms with Gasteiger partial charge in [0.05, 0.1) is 18.5 Å². The molecule has 0 bridgehead atoms. The molecule has 0 radical (unpaired) electrons. The maximum atomic E-state index is 5.39. The zero-order valence-corrected chi connectivity index (χ0v) is 10.6. The van der Waals surface area contributed by atoms with Gasteiger partial charge >= 0.3 is 0 Å². The lowest BCUT2D eigenvalue weighted by Gasteiger charge is -2.04. The molecule has 2 rings (SSSR count). The first-order valence-corrected chi connectivity index (χ1v) is 6.53. The summed E-state index contributed by atoms with van der Waals surface area (Å²) < 4.78 is 5.39. The summed E-state index contributed by atoms with van der Waals surface area (Å²) in [6.07, 6.45) is 3.59. The van der Waals surface area contributed by atoms with Gasteiger partial charge in [0.1, 0.15) is 5.75 Å². The molecule has 0 amide bonds. The second kappa shape index (κ2) is 5.63. The molecule has 0 atom stereocenters. The van der Waals surface area contributed by atoms with Crippen molar-refractivity contribution in [1.82, 2.24) is 15.2 Å². The molecule has 0 unspecified atom stereocenters. The lowest BCUT2D eigenvalue weighted by atomic mass is 10.1. The molecule has 5 heteroatoms. The Bertz CT molecular complexity index is 487. The molecule has 0 aliphatic heterocycles. The molecule has 0 saturated heterocycles. The van der Waals surface area contributed by atoms with Gasteiger partial charge in [0.15, 0.2) is 0 Å². The van der Waals surface area contributed by atoms with Crippen LogP contribution in [0.25, 0.3) is 11.3 Å². The predicted octanol–water partition coefficient (Wildman–Crippen LogP) is 2.66. The van der Waals surface area contributed by atoms with Gasteiger partial charge in [-0.05, 0) is 37.4 Å². The lowest BCUT2D eigenvalue weighted by molar-refractivity contribution is 0.340. The van der Waals surface area contributed by atoms with E-state index in [2.05, 4.69) is 15.2 Å². The maximum absolute atomic E-state index is 5.39. The second-order valence-electron chi connectivity index (χ2n) is 3.29. The summed E-state index contributed by atoms with van der Waals surface area (Å²) in [4.78, 5) is 4.39. The van der Waals surface area contributed by atoms with Crippen molar-refractivity contribution in [3.63, 3.8) is 0 Å². The third-order valence-electron chi connectivity index (χ3n) is 2.18. The number of hydrogen-bond donors (Lipinski definition) is 0. The average molecular weight is 247 g/mol. The van der Waals surface area contributed by atoms with Gasteiger partial charge in [-0.15, -0.1) is 5.10 Å². The van der Waals surface area contributed by atoms with Gasteiger partial charge in [-0.1, -0.05) is 11.8 Å². The Balaban J connectivity index is 2.26. The number of rotatable bonds is 4. The summed E-state index contributed by atoms with van der Waals surface area (Å²) in [7, 11) is 0.